The molecule has 2 unspecified atom stereocenters. The predicted molar refractivity (Wildman–Crippen MR) is 75.9 cm³/mol. The maximum absolute atomic E-state index is 12.1. The maximum atomic E-state index is 12.1. The van der Waals surface area contributed by atoms with E-state index in [1.807, 2.05) is 43.9 Å². The molecule has 104 valence electrons. The van der Waals surface area contributed by atoms with Gasteiger partial charge >= 0.3 is 0 Å². The molecule has 1 heterocycles. The Balaban J connectivity index is 2.00. The number of benzene rings is 1. The smallest absolute Gasteiger partial charge is 0.225 e. The van der Waals surface area contributed by atoms with Gasteiger partial charge in [-0.15, -0.1) is 0 Å². The molecule has 0 spiro atoms. The number of rotatable bonds is 3. The Morgan fingerprint density at radius 3 is 2.63 bits per heavy atom. The lowest BCUT2D eigenvalue weighted by Crippen LogP contribution is -2.50. The third kappa shape index (κ3) is 3.80. The summed E-state index contributed by atoms with van der Waals surface area (Å²) in [6, 6.07) is 10.3. The molecule has 3 nitrogen and oxygen atoms in total. The van der Waals surface area contributed by atoms with Gasteiger partial charge in [-0.25, -0.2) is 0 Å². The molecule has 1 saturated heterocycles. The summed E-state index contributed by atoms with van der Waals surface area (Å²) in [5.41, 5.74) is 1.26. The van der Waals surface area contributed by atoms with Gasteiger partial charge in [0.1, 0.15) is 0 Å². The summed E-state index contributed by atoms with van der Waals surface area (Å²) >= 11 is 0. The zero-order valence-corrected chi connectivity index (χ0v) is 12.0. The van der Waals surface area contributed by atoms with E-state index in [-0.39, 0.29) is 24.0 Å². The normalized spacial score (nSPS) is 23.7. The Morgan fingerprint density at radius 1 is 1.32 bits per heavy atom. The number of nitrogens with zero attached hydrogens (tertiary/aromatic N) is 1. The number of ether oxygens (including phenoxy) is 1. The second-order valence-electron chi connectivity index (χ2n) is 5.66. The largest absolute Gasteiger partial charge is 0.371 e. The summed E-state index contributed by atoms with van der Waals surface area (Å²) in [7, 11) is 0. The van der Waals surface area contributed by atoms with Crippen molar-refractivity contribution in [3.8, 4) is 0 Å². The van der Waals surface area contributed by atoms with Crippen molar-refractivity contribution in [2.24, 2.45) is 5.92 Å². The van der Waals surface area contributed by atoms with Crippen molar-refractivity contribution in [2.45, 2.75) is 39.4 Å². The van der Waals surface area contributed by atoms with Crippen LogP contribution in [0.3, 0.4) is 0 Å². The number of hydrogen-bond acceptors (Lipinski definition) is 2. The number of morpholine rings is 1. The topological polar surface area (TPSA) is 29.5 Å². The Bertz CT molecular complexity index is 416. The fourth-order valence-electron chi connectivity index (χ4n) is 2.58. The minimum absolute atomic E-state index is 0.0580. The van der Waals surface area contributed by atoms with Crippen molar-refractivity contribution >= 4 is 5.91 Å². The zero-order chi connectivity index (χ0) is 13.8. The minimum atomic E-state index is 0.0580. The van der Waals surface area contributed by atoms with E-state index in [1.54, 1.807) is 0 Å². The Labute approximate surface area is 115 Å². The van der Waals surface area contributed by atoms with Crippen LogP contribution in [0, 0.1) is 5.92 Å². The van der Waals surface area contributed by atoms with E-state index < -0.39 is 0 Å². The number of carbonyl (C=O) groups excluding carboxylic acids is 1. The van der Waals surface area contributed by atoms with E-state index in [1.165, 1.54) is 5.56 Å². The number of hydrogen-bond donors (Lipinski definition) is 0. The molecule has 1 aliphatic heterocycles. The fraction of sp³-hybridized carbons (Fsp3) is 0.562. The maximum Gasteiger partial charge on any atom is 0.225 e. The minimum Gasteiger partial charge on any atom is -0.371 e. The summed E-state index contributed by atoms with van der Waals surface area (Å²) in [6.45, 7) is 7.36. The van der Waals surface area contributed by atoms with E-state index in [4.69, 9.17) is 4.74 Å². The predicted octanol–water partition coefficient (Wildman–Crippen LogP) is 2.50. The van der Waals surface area contributed by atoms with Crippen LogP contribution in [0.15, 0.2) is 30.3 Å². The van der Waals surface area contributed by atoms with Crippen molar-refractivity contribution in [3.05, 3.63) is 35.9 Å². The molecule has 0 aromatic heterocycles. The highest BCUT2D eigenvalue weighted by Gasteiger charge is 2.29. The summed E-state index contributed by atoms with van der Waals surface area (Å²) in [5.74, 6) is 0.288. The van der Waals surface area contributed by atoms with Crippen molar-refractivity contribution < 1.29 is 9.53 Å². The highest BCUT2D eigenvalue weighted by Crippen LogP contribution is 2.17. The van der Waals surface area contributed by atoms with Gasteiger partial charge in [0.05, 0.1) is 12.2 Å². The first-order valence-corrected chi connectivity index (χ1v) is 7.04. The monoisotopic (exact) mass is 261 g/mol. The Hall–Kier alpha value is -1.35. The molecular weight excluding hydrogens is 238 g/mol. The SMILES string of the molecule is CC1CN(C(=O)C(C)C)CC(Cc2ccccc2)O1. The third-order valence-corrected chi connectivity index (χ3v) is 3.44. The molecule has 0 saturated carbocycles. The second kappa shape index (κ2) is 6.20. The lowest BCUT2D eigenvalue weighted by atomic mass is 10.0. The molecule has 1 aliphatic rings. The standard InChI is InChI=1S/C16H23NO2/c1-12(2)16(18)17-10-13(3)19-15(11-17)9-14-7-5-4-6-8-14/h4-8,12-13,15H,9-11H2,1-3H3. The molecule has 0 aliphatic carbocycles. The quantitative estimate of drug-likeness (QED) is 0.836. The molecule has 2 rings (SSSR count). The summed E-state index contributed by atoms with van der Waals surface area (Å²) in [4.78, 5) is 14.1. The van der Waals surface area contributed by atoms with Crippen molar-refractivity contribution in [2.75, 3.05) is 13.1 Å². The van der Waals surface area contributed by atoms with Gasteiger partial charge in [-0.1, -0.05) is 44.2 Å². The number of amides is 1. The Kier molecular flexibility index (Phi) is 4.59. The lowest BCUT2D eigenvalue weighted by Gasteiger charge is -2.37. The van der Waals surface area contributed by atoms with Crippen LogP contribution in [-0.2, 0) is 16.0 Å². The third-order valence-electron chi connectivity index (χ3n) is 3.44. The van der Waals surface area contributed by atoms with Gasteiger partial charge in [-0.3, -0.25) is 4.79 Å². The first kappa shape index (κ1) is 14.1. The first-order chi connectivity index (χ1) is 9.06. The van der Waals surface area contributed by atoms with Crippen molar-refractivity contribution in [1.29, 1.82) is 0 Å². The average molecular weight is 261 g/mol. The molecule has 1 aromatic rings. The van der Waals surface area contributed by atoms with Crippen molar-refractivity contribution in [3.63, 3.8) is 0 Å². The van der Waals surface area contributed by atoms with Gasteiger partial charge in [0.2, 0.25) is 5.91 Å². The van der Waals surface area contributed by atoms with Gasteiger partial charge < -0.3 is 9.64 Å². The van der Waals surface area contributed by atoms with Crippen LogP contribution >= 0.6 is 0 Å². The molecule has 1 amide bonds. The second-order valence-corrected chi connectivity index (χ2v) is 5.66. The van der Waals surface area contributed by atoms with Crippen LogP contribution in [-0.4, -0.2) is 36.1 Å². The van der Waals surface area contributed by atoms with Crippen LogP contribution in [0.1, 0.15) is 26.3 Å². The van der Waals surface area contributed by atoms with Crippen molar-refractivity contribution in [1.82, 2.24) is 4.90 Å². The molecule has 1 fully saturated rings. The molecule has 3 heteroatoms. The molecule has 0 bridgehead atoms. The number of carbonyl (C=O) groups is 1. The summed E-state index contributed by atoms with van der Waals surface area (Å²) in [6.07, 6.45) is 1.09. The zero-order valence-electron chi connectivity index (χ0n) is 12.0. The first-order valence-electron chi connectivity index (χ1n) is 7.04. The molecular formula is C16H23NO2. The van der Waals surface area contributed by atoms with Crippen LogP contribution in [0.2, 0.25) is 0 Å². The van der Waals surface area contributed by atoms with Crippen LogP contribution in [0.4, 0.5) is 0 Å². The van der Waals surface area contributed by atoms with E-state index in [0.717, 1.165) is 6.42 Å². The van der Waals surface area contributed by atoms with E-state index in [2.05, 4.69) is 12.1 Å². The van der Waals surface area contributed by atoms with Crippen LogP contribution < -0.4 is 0 Å². The van der Waals surface area contributed by atoms with E-state index in [0.29, 0.717) is 13.1 Å². The van der Waals surface area contributed by atoms with Gasteiger partial charge in [0.25, 0.3) is 0 Å². The highest BCUT2D eigenvalue weighted by atomic mass is 16.5. The van der Waals surface area contributed by atoms with E-state index >= 15 is 0 Å². The lowest BCUT2D eigenvalue weighted by molar-refractivity contribution is -0.147. The van der Waals surface area contributed by atoms with Crippen LogP contribution in [0.5, 0.6) is 0 Å². The van der Waals surface area contributed by atoms with Crippen LogP contribution in [0.25, 0.3) is 0 Å². The fourth-order valence-corrected chi connectivity index (χ4v) is 2.58. The molecule has 2 atom stereocenters. The highest BCUT2D eigenvalue weighted by molar-refractivity contribution is 5.78. The molecule has 0 radical (unpaired) electrons. The van der Waals surface area contributed by atoms with E-state index in [9.17, 15) is 4.79 Å². The van der Waals surface area contributed by atoms with Gasteiger partial charge in [0, 0.05) is 25.4 Å². The van der Waals surface area contributed by atoms with Gasteiger partial charge in [-0.05, 0) is 12.5 Å². The summed E-state index contributed by atoms with van der Waals surface area (Å²) in [5, 5.41) is 0. The molecule has 0 N–H and O–H groups in total. The van der Waals surface area contributed by atoms with Gasteiger partial charge in [0.15, 0.2) is 0 Å². The molecule has 19 heavy (non-hydrogen) atoms. The average Bonchev–Trinajstić information content (AvgIpc) is 2.38. The van der Waals surface area contributed by atoms with Gasteiger partial charge in [-0.2, -0.15) is 0 Å². The Morgan fingerprint density at radius 2 is 2.00 bits per heavy atom. The summed E-state index contributed by atoms with van der Waals surface area (Å²) < 4.78 is 5.96. The molecule has 1 aromatic carbocycles.